The molecule has 0 saturated heterocycles. The molecule has 1 heterocycles. The van der Waals surface area contributed by atoms with E-state index in [-0.39, 0.29) is 12.7 Å². The van der Waals surface area contributed by atoms with Crippen LogP contribution >= 0.6 is 11.6 Å². The van der Waals surface area contributed by atoms with E-state index in [1.807, 2.05) is 13.0 Å². The van der Waals surface area contributed by atoms with Gasteiger partial charge in [-0.15, -0.1) is 0 Å². The molecule has 1 aliphatic rings. The predicted molar refractivity (Wildman–Crippen MR) is 94.6 cm³/mol. The van der Waals surface area contributed by atoms with Crippen molar-refractivity contribution in [2.75, 3.05) is 6.79 Å². The Labute approximate surface area is 150 Å². The van der Waals surface area contributed by atoms with Crippen LogP contribution in [-0.2, 0) is 4.79 Å². The predicted octanol–water partition coefficient (Wildman–Crippen LogP) is 3.29. The maximum Gasteiger partial charge on any atom is 0.280 e. The largest absolute Gasteiger partial charge is 0.481 e. The molecule has 2 aromatic rings. The van der Waals surface area contributed by atoms with Crippen molar-refractivity contribution in [2.24, 2.45) is 5.10 Å². The van der Waals surface area contributed by atoms with E-state index in [1.54, 1.807) is 37.3 Å². The second-order valence-electron chi connectivity index (χ2n) is 5.52. The maximum absolute atomic E-state index is 12.1. The minimum atomic E-state index is -0.700. The Morgan fingerprint density at radius 2 is 2.08 bits per heavy atom. The molecule has 0 fully saturated rings. The fourth-order valence-electron chi connectivity index (χ4n) is 2.20. The Morgan fingerprint density at radius 1 is 1.28 bits per heavy atom. The lowest BCUT2D eigenvalue weighted by Crippen LogP contribution is -2.33. The highest BCUT2D eigenvalue weighted by Crippen LogP contribution is 2.31. The van der Waals surface area contributed by atoms with Gasteiger partial charge in [-0.1, -0.05) is 11.6 Å². The minimum Gasteiger partial charge on any atom is -0.481 e. The van der Waals surface area contributed by atoms with Crippen LogP contribution in [0.1, 0.15) is 18.1 Å². The van der Waals surface area contributed by atoms with Gasteiger partial charge < -0.3 is 14.2 Å². The van der Waals surface area contributed by atoms with Crippen molar-refractivity contribution < 1.29 is 19.0 Å². The molecular weight excluding hydrogens is 344 g/mol. The first kappa shape index (κ1) is 17.1. The number of carbonyl (C=O) groups is 1. The minimum absolute atomic E-state index is 0.214. The van der Waals surface area contributed by atoms with Crippen molar-refractivity contribution in [2.45, 2.75) is 20.0 Å². The van der Waals surface area contributed by atoms with E-state index in [9.17, 15) is 4.79 Å². The SMILES string of the molecule is Cc1cc(O[C@H](C)C(=O)N/N=C\c2ccc3c(c2)OCO3)ccc1Cl. The van der Waals surface area contributed by atoms with Crippen LogP contribution in [0.2, 0.25) is 5.02 Å². The average Bonchev–Trinajstić information content (AvgIpc) is 3.05. The van der Waals surface area contributed by atoms with Crippen LogP contribution in [0.25, 0.3) is 0 Å². The third-order valence-corrected chi connectivity index (χ3v) is 4.02. The standard InChI is InChI=1S/C18H17ClN2O4/c1-11-7-14(4-5-15(11)19)25-12(2)18(22)21-20-9-13-3-6-16-17(8-13)24-10-23-16/h3-9,12H,10H2,1-2H3,(H,21,22)/b20-9-/t12-/m1/s1. The molecule has 1 amide bonds. The zero-order chi connectivity index (χ0) is 17.8. The first-order chi connectivity index (χ1) is 12.0. The zero-order valence-corrected chi connectivity index (χ0v) is 14.5. The van der Waals surface area contributed by atoms with Gasteiger partial charge in [0.25, 0.3) is 5.91 Å². The van der Waals surface area contributed by atoms with E-state index in [4.69, 9.17) is 25.8 Å². The highest BCUT2D eigenvalue weighted by Gasteiger charge is 2.15. The van der Waals surface area contributed by atoms with Crippen LogP contribution in [0.4, 0.5) is 0 Å². The third-order valence-electron chi connectivity index (χ3n) is 3.60. The summed E-state index contributed by atoms with van der Waals surface area (Å²) in [5.74, 6) is 1.57. The summed E-state index contributed by atoms with van der Waals surface area (Å²) in [6.07, 6.45) is 0.827. The first-order valence-electron chi connectivity index (χ1n) is 7.68. The molecule has 6 nitrogen and oxygen atoms in total. The van der Waals surface area contributed by atoms with E-state index in [0.29, 0.717) is 22.3 Å². The van der Waals surface area contributed by atoms with Crippen LogP contribution in [-0.4, -0.2) is 25.0 Å². The number of carbonyl (C=O) groups excluding carboxylic acids is 1. The highest BCUT2D eigenvalue weighted by molar-refractivity contribution is 6.31. The van der Waals surface area contributed by atoms with Gasteiger partial charge in [0.05, 0.1) is 6.21 Å². The second-order valence-corrected chi connectivity index (χ2v) is 5.93. The number of amides is 1. The van der Waals surface area contributed by atoms with Crippen LogP contribution in [0.3, 0.4) is 0 Å². The Morgan fingerprint density at radius 3 is 2.88 bits per heavy atom. The molecule has 0 unspecified atom stereocenters. The summed E-state index contributed by atoms with van der Waals surface area (Å²) < 4.78 is 16.1. The van der Waals surface area contributed by atoms with Gasteiger partial charge in [0, 0.05) is 5.02 Å². The molecule has 0 bridgehead atoms. The van der Waals surface area contributed by atoms with Gasteiger partial charge in [-0.3, -0.25) is 4.79 Å². The summed E-state index contributed by atoms with van der Waals surface area (Å²) in [5, 5.41) is 4.59. The van der Waals surface area contributed by atoms with E-state index in [0.717, 1.165) is 11.1 Å². The van der Waals surface area contributed by atoms with Crippen molar-refractivity contribution in [1.82, 2.24) is 5.43 Å². The quantitative estimate of drug-likeness (QED) is 0.656. The van der Waals surface area contributed by atoms with Crippen molar-refractivity contribution in [1.29, 1.82) is 0 Å². The molecule has 0 spiro atoms. The number of nitrogens with one attached hydrogen (secondary N) is 1. The van der Waals surface area contributed by atoms with Crippen LogP contribution in [0, 0.1) is 6.92 Å². The third kappa shape index (κ3) is 4.22. The van der Waals surface area contributed by atoms with E-state index < -0.39 is 6.10 Å². The molecule has 130 valence electrons. The molecule has 1 aliphatic heterocycles. The molecular formula is C18H17ClN2O4. The van der Waals surface area contributed by atoms with Gasteiger partial charge in [-0.25, -0.2) is 5.43 Å². The monoisotopic (exact) mass is 360 g/mol. The van der Waals surface area contributed by atoms with E-state index in [1.165, 1.54) is 6.21 Å². The average molecular weight is 361 g/mol. The van der Waals surface area contributed by atoms with Gasteiger partial charge in [0.2, 0.25) is 6.79 Å². The lowest BCUT2D eigenvalue weighted by atomic mass is 10.2. The molecule has 3 rings (SSSR count). The number of rotatable bonds is 5. The van der Waals surface area contributed by atoms with Crippen molar-refractivity contribution in [3.8, 4) is 17.2 Å². The lowest BCUT2D eigenvalue weighted by molar-refractivity contribution is -0.127. The molecule has 1 atom stereocenters. The summed E-state index contributed by atoms with van der Waals surface area (Å²) in [7, 11) is 0. The number of hydrogen-bond donors (Lipinski definition) is 1. The normalized spacial score (nSPS) is 13.7. The summed E-state index contributed by atoms with van der Waals surface area (Å²) >= 11 is 5.97. The van der Waals surface area contributed by atoms with Gasteiger partial charge in [0.15, 0.2) is 17.6 Å². The van der Waals surface area contributed by atoms with Crippen molar-refractivity contribution in [3.63, 3.8) is 0 Å². The molecule has 0 aromatic heterocycles. The fraction of sp³-hybridized carbons (Fsp3) is 0.222. The number of ether oxygens (including phenoxy) is 3. The number of nitrogens with zero attached hydrogens (tertiary/aromatic N) is 1. The van der Waals surface area contributed by atoms with Gasteiger partial charge >= 0.3 is 0 Å². The molecule has 1 N–H and O–H groups in total. The number of aryl methyl sites for hydroxylation is 1. The highest BCUT2D eigenvalue weighted by atomic mass is 35.5. The Balaban J connectivity index is 1.55. The second kappa shape index (κ2) is 7.44. The Kier molecular flexibility index (Phi) is 5.09. The zero-order valence-electron chi connectivity index (χ0n) is 13.8. The number of halogens is 1. The smallest absolute Gasteiger partial charge is 0.280 e. The van der Waals surface area contributed by atoms with Crippen LogP contribution in [0.5, 0.6) is 17.2 Å². The molecule has 2 aromatic carbocycles. The number of benzene rings is 2. The van der Waals surface area contributed by atoms with Crippen molar-refractivity contribution >= 4 is 23.7 Å². The molecule has 0 aliphatic carbocycles. The van der Waals surface area contributed by atoms with Crippen LogP contribution < -0.4 is 19.6 Å². The summed E-state index contributed by atoms with van der Waals surface area (Å²) in [4.78, 5) is 12.1. The van der Waals surface area contributed by atoms with Crippen molar-refractivity contribution in [3.05, 3.63) is 52.5 Å². The van der Waals surface area contributed by atoms with Gasteiger partial charge in [-0.05, 0) is 61.4 Å². The fourth-order valence-corrected chi connectivity index (χ4v) is 2.32. The Bertz CT molecular complexity index is 823. The number of hydrogen-bond acceptors (Lipinski definition) is 5. The summed E-state index contributed by atoms with van der Waals surface area (Å²) in [6.45, 7) is 3.73. The number of fused-ring (bicyclic) bond motifs is 1. The van der Waals surface area contributed by atoms with Gasteiger partial charge in [-0.2, -0.15) is 5.10 Å². The molecule has 25 heavy (non-hydrogen) atoms. The van der Waals surface area contributed by atoms with E-state index >= 15 is 0 Å². The van der Waals surface area contributed by atoms with Gasteiger partial charge in [0.1, 0.15) is 5.75 Å². The maximum atomic E-state index is 12.1. The summed E-state index contributed by atoms with van der Waals surface area (Å²) in [5.41, 5.74) is 4.12. The number of hydrazone groups is 1. The van der Waals surface area contributed by atoms with Crippen LogP contribution in [0.15, 0.2) is 41.5 Å². The molecule has 0 saturated carbocycles. The summed E-state index contributed by atoms with van der Waals surface area (Å²) in [6, 6.07) is 10.6. The molecule has 0 radical (unpaired) electrons. The first-order valence-corrected chi connectivity index (χ1v) is 8.06. The van der Waals surface area contributed by atoms with E-state index in [2.05, 4.69) is 10.5 Å². The lowest BCUT2D eigenvalue weighted by Gasteiger charge is -2.13. The topological polar surface area (TPSA) is 69.2 Å². The Hall–Kier alpha value is -2.73. The molecule has 7 heteroatoms.